The highest BCUT2D eigenvalue weighted by atomic mass is 16.5. The van der Waals surface area contributed by atoms with Gasteiger partial charge in [-0.2, -0.15) is 0 Å². The van der Waals surface area contributed by atoms with Gasteiger partial charge in [0.15, 0.2) is 0 Å². The third kappa shape index (κ3) is 14.8. The van der Waals surface area contributed by atoms with Gasteiger partial charge in [-0.05, 0) is 12.0 Å². The highest BCUT2D eigenvalue weighted by molar-refractivity contribution is 5.76. The van der Waals surface area contributed by atoms with E-state index in [0.717, 1.165) is 6.42 Å². The Bertz CT molecular complexity index is 315. The zero-order valence-corrected chi connectivity index (χ0v) is 14.1. The lowest BCUT2D eigenvalue weighted by Gasteiger charge is -2.05. The maximum Gasteiger partial charge on any atom is 0.245 e. The second kappa shape index (κ2) is 18.6. The molecule has 4 heteroatoms. The van der Waals surface area contributed by atoms with E-state index in [1.165, 1.54) is 5.56 Å². The van der Waals surface area contributed by atoms with E-state index in [9.17, 15) is 4.79 Å². The molecule has 1 aromatic rings. The van der Waals surface area contributed by atoms with Crippen molar-refractivity contribution in [1.29, 1.82) is 0 Å². The Labute approximate surface area is 129 Å². The zero-order valence-electron chi connectivity index (χ0n) is 14.1. The minimum absolute atomic E-state index is 0.102. The summed E-state index contributed by atoms with van der Waals surface area (Å²) >= 11 is 0. The van der Waals surface area contributed by atoms with Crippen molar-refractivity contribution in [2.45, 2.75) is 40.7 Å². The molecule has 122 valence electrons. The highest BCUT2D eigenvalue weighted by Crippen LogP contribution is 2.00. The van der Waals surface area contributed by atoms with Crippen LogP contribution in [0.2, 0.25) is 0 Å². The molecule has 0 aliphatic carbocycles. The third-order valence-electron chi connectivity index (χ3n) is 2.20. The van der Waals surface area contributed by atoms with E-state index in [2.05, 4.69) is 5.32 Å². The molecule has 0 bridgehead atoms. The predicted octanol–water partition coefficient (Wildman–Crippen LogP) is 3.41. The van der Waals surface area contributed by atoms with Gasteiger partial charge >= 0.3 is 0 Å². The van der Waals surface area contributed by atoms with Gasteiger partial charge in [0, 0.05) is 20.3 Å². The quantitative estimate of drug-likeness (QED) is 0.748. The molecule has 1 N–H and O–H groups in total. The first-order valence-corrected chi connectivity index (χ1v) is 7.73. The minimum Gasteiger partial charge on any atom is -0.377 e. The van der Waals surface area contributed by atoms with E-state index in [1.54, 1.807) is 7.05 Å². The summed E-state index contributed by atoms with van der Waals surface area (Å²) in [5.41, 5.74) is 1.17. The number of hydrogen-bond acceptors (Lipinski definition) is 3. The maximum atomic E-state index is 10.8. The lowest BCUT2D eigenvalue weighted by Crippen LogP contribution is -2.23. The summed E-state index contributed by atoms with van der Waals surface area (Å²) in [5, 5.41) is 2.49. The molecule has 0 aromatic heterocycles. The third-order valence-corrected chi connectivity index (χ3v) is 2.20. The molecule has 0 atom stereocenters. The number of benzene rings is 1. The Morgan fingerprint density at radius 2 is 1.57 bits per heavy atom. The molecule has 1 rings (SSSR count). The highest BCUT2D eigenvalue weighted by Gasteiger charge is 1.97. The first kappa shape index (κ1) is 21.9. The van der Waals surface area contributed by atoms with Crippen LogP contribution in [0.25, 0.3) is 0 Å². The van der Waals surface area contributed by atoms with Crippen molar-refractivity contribution in [3.63, 3.8) is 0 Å². The summed E-state index contributed by atoms with van der Waals surface area (Å²) < 4.78 is 10.6. The fourth-order valence-electron chi connectivity index (χ4n) is 1.26. The van der Waals surface area contributed by atoms with Gasteiger partial charge in [0.1, 0.15) is 6.61 Å². The largest absolute Gasteiger partial charge is 0.377 e. The molecule has 1 aromatic carbocycles. The number of hydrogen-bond donors (Lipinski definition) is 1. The second-order valence-electron chi connectivity index (χ2n) is 3.62. The van der Waals surface area contributed by atoms with E-state index >= 15 is 0 Å². The standard InChI is InChI=1S/C13H19NO3.2C2H6/c1-14-13(15)11-17-9-5-8-16-10-12-6-3-2-4-7-12;2*1-2/h2-4,6-7H,5,8-11H2,1H3,(H,14,15);2*1-2H3. The number of carbonyl (C=O) groups excluding carboxylic acids is 1. The molecule has 0 saturated carbocycles. The number of rotatable bonds is 8. The number of ether oxygens (including phenoxy) is 2. The van der Waals surface area contributed by atoms with Crippen molar-refractivity contribution < 1.29 is 14.3 Å². The van der Waals surface area contributed by atoms with Crippen LogP contribution in [0.15, 0.2) is 30.3 Å². The minimum atomic E-state index is -0.102. The van der Waals surface area contributed by atoms with Crippen LogP contribution in [0.5, 0.6) is 0 Å². The summed E-state index contributed by atoms with van der Waals surface area (Å²) in [4.78, 5) is 10.8. The molecule has 4 nitrogen and oxygen atoms in total. The molecule has 0 heterocycles. The van der Waals surface area contributed by atoms with Crippen LogP contribution < -0.4 is 5.32 Å². The SMILES string of the molecule is CC.CC.CNC(=O)COCCCOCc1ccccc1. The summed E-state index contributed by atoms with van der Waals surface area (Å²) in [6.07, 6.45) is 0.795. The van der Waals surface area contributed by atoms with Crippen molar-refractivity contribution in [2.75, 3.05) is 26.9 Å². The molecule has 0 unspecified atom stereocenters. The van der Waals surface area contributed by atoms with Crippen molar-refractivity contribution in [3.05, 3.63) is 35.9 Å². The average Bonchev–Trinajstić information content (AvgIpc) is 2.58. The Kier molecular flexibility index (Phi) is 19.4. The first-order chi connectivity index (χ1) is 10.3. The van der Waals surface area contributed by atoms with Crippen LogP contribution in [-0.2, 0) is 20.9 Å². The lowest BCUT2D eigenvalue weighted by atomic mass is 10.2. The molecule has 21 heavy (non-hydrogen) atoms. The number of nitrogens with one attached hydrogen (secondary N) is 1. The van der Waals surface area contributed by atoms with Crippen molar-refractivity contribution in [3.8, 4) is 0 Å². The number of amides is 1. The van der Waals surface area contributed by atoms with Crippen LogP contribution in [0, 0.1) is 0 Å². The van der Waals surface area contributed by atoms with Gasteiger partial charge in [0.25, 0.3) is 0 Å². The van der Waals surface area contributed by atoms with Crippen LogP contribution in [-0.4, -0.2) is 32.8 Å². The lowest BCUT2D eigenvalue weighted by molar-refractivity contribution is -0.125. The molecule has 0 saturated heterocycles. The molecule has 0 aliphatic rings. The number of likely N-dealkylation sites (N-methyl/N-ethyl adjacent to an activating group) is 1. The van der Waals surface area contributed by atoms with Crippen LogP contribution in [0.4, 0.5) is 0 Å². The van der Waals surface area contributed by atoms with Gasteiger partial charge in [-0.1, -0.05) is 58.0 Å². The fourth-order valence-corrected chi connectivity index (χ4v) is 1.26. The fraction of sp³-hybridized carbons (Fsp3) is 0.588. The van der Waals surface area contributed by atoms with Gasteiger partial charge < -0.3 is 14.8 Å². The topological polar surface area (TPSA) is 47.6 Å². The van der Waals surface area contributed by atoms with Gasteiger partial charge in [-0.3, -0.25) is 4.79 Å². The van der Waals surface area contributed by atoms with Gasteiger partial charge in [-0.15, -0.1) is 0 Å². The van der Waals surface area contributed by atoms with Crippen molar-refractivity contribution >= 4 is 5.91 Å². The normalized spacial score (nSPS) is 8.81. The zero-order chi connectivity index (χ0) is 16.3. The molecule has 0 fully saturated rings. The second-order valence-corrected chi connectivity index (χ2v) is 3.62. The molecule has 0 spiro atoms. The van der Waals surface area contributed by atoms with E-state index in [0.29, 0.717) is 19.8 Å². The molecule has 1 amide bonds. The van der Waals surface area contributed by atoms with Crippen LogP contribution >= 0.6 is 0 Å². The summed E-state index contributed by atoms with van der Waals surface area (Å²) in [6, 6.07) is 10.0. The van der Waals surface area contributed by atoms with E-state index < -0.39 is 0 Å². The average molecular weight is 297 g/mol. The van der Waals surface area contributed by atoms with E-state index in [-0.39, 0.29) is 12.5 Å². The van der Waals surface area contributed by atoms with E-state index in [4.69, 9.17) is 9.47 Å². The molecular weight excluding hydrogens is 266 g/mol. The smallest absolute Gasteiger partial charge is 0.245 e. The van der Waals surface area contributed by atoms with Gasteiger partial charge in [0.2, 0.25) is 5.91 Å². The molecule has 0 radical (unpaired) electrons. The molecular formula is C17H31NO3. The van der Waals surface area contributed by atoms with Crippen molar-refractivity contribution in [1.82, 2.24) is 5.32 Å². The number of carbonyl (C=O) groups is 1. The first-order valence-electron chi connectivity index (χ1n) is 7.73. The van der Waals surface area contributed by atoms with E-state index in [1.807, 2.05) is 58.0 Å². The molecule has 0 aliphatic heterocycles. The Balaban J connectivity index is 0. The Morgan fingerprint density at radius 3 is 2.14 bits per heavy atom. The van der Waals surface area contributed by atoms with Gasteiger partial charge in [-0.25, -0.2) is 0 Å². The van der Waals surface area contributed by atoms with Gasteiger partial charge in [0.05, 0.1) is 6.61 Å². The summed E-state index contributed by atoms with van der Waals surface area (Å²) in [5.74, 6) is -0.102. The monoisotopic (exact) mass is 297 g/mol. The van der Waals surface area contributed by atoms with Crippen LogP contribution in [0.1, 0.15) is 39.7 Å². The van der Waals surface area contributed by atoms with Crippen LogP contribution in [0.3, 0.4) is 0 Å². The Hall–Kier alpha value is -1.39. The summed E-state index contributed by atoms with van der Waals surface area (Å²) in [7, 11) is 1.59. The summed E-state index contributed by atoms with van der Waals surface area (Å²) in [6.45, 7) is 9.93. The maximum absolute atomic E-state index is 10.8. The van der Waals surface area contributed by atoms with Crippen molar-refractivity contribution in [2.24, 2.45) is 0 Å². The predicted molar refractivity (Wildman–Crippen MR) is 88.3 cm³/mol. The Morgan fingerprint density at radius 1 is 1.00 bits per heavy atom.